The van der Waals surface area contributed by atoms with Gasteiger partial charge in [0.1, 0.15) is 0 Å². The van der Waals surface area contributed by atoms with Gasteiger partial charge in [-0.1, -0.05) is 30.3 Å². The Bertz CT molecular complexity index is 307. The molecule has 1 N–H and O–H groups in total. The molecule has 0 spiro atoms. The van der Waals surface area contributed by atoms with Gasteiger partial charge in [-0.15, -0.1) is 0 Å². The maximum Gasteiger partial charge on any atom is 0.184 e. The third-order valence-electron chi connectivity index (χ3n) is 2.52. The van der Waals surface area contributed by atoms with Crippen LogP contribution in [0.25, 0.3) is 0 Å². The molecule has 0 saturated carbocycles. The lowest BCUT2D eigenvalue weighted by molar-refractivity contribution is 0.159. The third kappa shape index (κ3) is 4.08. The number of hydrogen-bond donors (Lipinski definition) is 1. The summed E-state index contributed by atoms with van der Waals surface area (Å²) >= 11 is 0. The van der Waals surface area contributed by atoms with Crippen molar-refractivity contribution in [2.24, 2.45) is 0 Å². The van der Waals surface area contributed by atoms with Gasteiger partial charge < -0.3 is 9.74 Å². The van der Waals surface area contributed by atoms with Crippen LogP contribution in [0, 0.1) is 0 Å². The van der Waals surface area contributed by atoms with E-state index in [1.807, 2.05) is 13.1 Å². The van der Waals surface area contributed by atoms with E-state index in [1.165, 1.54) is 5.56 Å². The molecule has 0 amide bonds. The average Bonchev–Trinajstić information content (AvgIpc) is 2.25. The van der Waals surface area contributed by atoms with Gasteiger partial charge in [-0.05, 0) is 39.2 Å². The molecule has 90 valence electrons. The minimum Gasteiger partial charge on any atom is -0.409 e. The van der Waals surface area contributed by atoms with Gasteiger partial charge in [-0.3, -0.25) is 0 Å². The highest BCUT2D eigenvalue weighted by molar-refractivity contribution is 6.69. The standard InChI is InChI=1S/C13H23NOSi/c1-11(14-2)13(15-16(3,4)5)12-9-7-6-8-10-12/h6-11,13-14H,1-5H3. The van der Waals surface area contributed by atoms with E-state index >= 15 is 0 Å². The normalized spacial score (nSPS) is 15.8. The van der Waals surface area contributed by atoms with Crippen molar-refractivity contribution in [3.05, 3.63) is 35.9 Å². The summed E-state index contributed by atoms with van der Waals surface area (Å²) in [4.78, 5) is 0. The van der Waals surface area contributed by atoms with Crippen LogP contribution in [0.3, 0.4) is 0 Å². The van der Waals surface area contributed by atoms with Crippen molar-refractivity contribution in [1.82, 2.24) is 5.32 Å². The fraction of sp³-hybridized carbons (Fsp3) is 0.538. The summed E-state index contributed by atoms with van der Waals surface area (Å²) in [7, 11) is 0.458. The Kier molecular flexibility index (Phi) is 4.71. The number of rotatable bonds is 5. The van der Waals surface area contributed by atoms with Crippen LogP contribution < -0.4 is 5.32 Å². The Labute approximate surface area is 100 Å². The molecule has 0 bridgehead atoms. The molecule has 0 saturated heterocycles. The Morgan fingerprint density at radius 3 is 2.12 bits per heavy atom. The van der Waals surface area contributed by atoms with Crippen LogP contribution in [0.1, 0.15) is 18.6 Å². The highest BCUT2D eigenvalue weighted by atomic mass is 28.4. The number of likely N-dealkylation sites (N-methyl/N-ethyl adjacent to an activating group) is 1. The van der Waals surface area contributed by atoms with Crippen molar-refractivity contribution < 1.29 is 4.43 Å². The highest BCUT2D eigenvalue weighted by Gasteiger charge is 2.25. The van der Waals surface area contributed by atoms with Crippen LogP contribution in [-0.4, -0.2) is 21.4 Å². The summed E-state index contributed by atoms with van der Waals surface area (Å²) in [6.45, 7) is 8.85. The molecule has 0 aliphatic heterocycles. The molecule has 0 aliphatic carbocycles. The molecule has 0 aromatic heterocycles. The molecule has 0 fully saturated rings. The van der Waals surface area contributed by atoms with Crippen LogP contribution in [0.4, 0.5) is 0 Å². The molecule has 1 rings (SSSR count). The minimum absolute atomic E-state index is 0.151. The van der Waals surface area contributed by atoms with Crippen molar-refractivity contribution in [3.63, 3.8) is 0 Å². The van der Waals surface area contributed by atoms with E-state index in [9.17, 15) is 0 Å². The predicted octanol–water partition coefficient (Wildman–Crippen LogP) is 3.19. The molecule has 1 aromatic rings. The quantitative estimate of drug-likeness (QED) is 0.794. The van der Waals surface area contributed by atoms with E-state index < -0.39 is 8.32 Å². The maximum atomic E-state index is 6.25. The van der Waals surface area contributed by atoms with Crippen molar-refractivity contribution >= 4 is 8.32 Å². The van der Waals surface area contributed by atoms with E-state index in [4.69, 9.17) is 4.43 Å². The first-order valence-electron chi connectivity index (χ1n) is 5.84. The summed E-state index contributed by atoms with van der Waals surface area (Å²) in [6, 6.07) is 10.8. The summed E-state index contributed by atoms with van der Waals surface area (Å²) in [5.41, 5.74) is 1.26. The zero-order valence-electron chi connectivity index (χ0n) is 10.9. The van der Waals surface area contributed by atoms with Crippen molar-refractivity contribution in [2.75, 3.05) is 7.05 Å². The van der Waals surface area contributed by atoms with E-state index in [0.717, 1.165) is 0 Å². The molecule has 16 heavy (non-hydrogen) atoms. The van der Waals surface area contributed by atoms with E-state index in [2.05, 4.69) is 56.1 Å². The van der Waals surface area contributed by atoms with Crippen LogP contribution in [0.15, 0.2) is 30.3 Å². The van der Waals surface area contributed by atoms with Crippen molar-refractivity contribution in [1.29, 1.82) is 0 Å². The monoisotopic (exact) mass is 237 g/mol. The summed E-state index contributed by atoms with van der Waals surface area (Å²) in [5, 5.41) is 3.28. The highest BCUT2D eigenvalue weighted by Crippen LogP contribution is 2.25. The largest absolute Gasteiger partial charge is 0.409 e. The average molecular weight is 237 g/mol. The smallest absolute Gasteiger partial charge is 0.184 e. The van der Waals surface area contributed by atoms with Gasteiger partial charge in [0.15, 0.2) is 8.32 Å². The van der Waals surface area contributed by atoms with Gasteiger partial charge in [0.25, 0.3) is 0 Å². The second-order valence-electron chi connectivity index (χ2n) is 5.14. The zero-order valence-corrected chi connectivity index (χ0v) is 11.9. The van der Waals surface area contributed by atoms with Gasteiger partial charge in [0, 0.05) is 6.04 Å². The maximum absolute atomic E-state index is 6.25. The van der Waals surface area contributed by atoms with E-state index in [-0.39, 0.29) is 6.10 Å². The second kappa shape index (κ2) is 5.62. The predicted molar refractivity (Wildman–Crippen MR) is 72.1 cm³/mol. The van der Waals surface area contributed by atoms with Gasteiger partial charge in [-0.2, -0.15) is 0 Å². The minimum atomic E-state index is -1.52. The summed E-state index contributed by atoms with van der Waals surface area (Å²) in [5.74, 6) is 0. The van der Waals surface area contributed by atoms with Gasteiger partial charge >= 0.3 is 0 Å². The zero-order chi connectivity index (χ0) is 12.2. The second-order valence-corrected chi connectivity index (χ2v) is 9.60. The van der Waals surface area contributed by atoms with Gasteiger partial charge in [-0.25, -0.2) is 0 Å². The Morgan fingerprint density at radius 1 is 1.12 bits per heavy atom. The van der Waals surface area contributed by atoms with Crippen LogP contribution >= 0.6 is 0 Å². The van der Waals surface area contributed by atoms with E-state index in [0.29, 0.717) is 6.04 Å². The fourth-order valence-electron chi connectivity index (χ4n) is 1.63. The third-order valence-corrected chi connectivity index (χ3v) is 3.48. The molecule has 0 aliphatic rings. The molecule has 2 unspecified atom stereocenters. The molecule has 3 heteroatoms. The SMILES string of the molecule is CNC(C)C(O[Si](C)(C)C)c1ccccc1. The number of hydrogen-bond acceptors (Lipinski definition) is 2. The first-order chi connectivity index (χ1) is 7.44. The Balaban J connectivity index is 2.88. The molecule has 2 nitrogen and oxygen atoms in total. The molecule has 0 heterocycles. The van der Waals surface area contributed by atoms with Crippen LogP contribution in [0.2, 0.25) is 19.6 Å². The topological polar surface area (TPSA) is 21.3 Å². The molecule has 1 aromatic carbocycles. The van der Waals surface area contributed by atoms with E-state index in [1.54, 1.807) is 0 Å². The van der Waals surface area contributed by atoms with Gasteiger partial charge in [0.2, 0.25) is 0 Å². The summed E-state index contributed by atoms with van der Waals surface area (Å²) < 4.78 is 6.25. The Morgan fingerprint density at radius 2 is 1.69 bits per heavy atom. The molecule has 2 atom stereocenters. The number of nitrogens with one attached hydrogen (secondary N) is 1. The van der Waals surface area contributed by atoms with Crippen molar-refractivity contribution in [2.45, 2.75) is 38.7 Å². The number of benzene rings is 1. The molecule has 0 radical (unpaired) electrons. The lowest BCUT2D eigenvalue weighted by Gasteiger charge is -2.31. The van der Waals surface area contributed by atoms with Crippen molar-refractivity contribution in [3.8, 4) is 0 Å². The first kappa shape index (κ1) is 13.4. The van der Waals surface area contributed by atoms with Crippen LogP contribution in [0.5, 0.6) is 0 Å². The van der Waals surface area contributed by atoms with Gasteiger partial charge in [0.05, 0.1) is 6.10 Å². The lowest BCUT2D eigenvalue weighted by atomic mass is 10.0. The molecular formula is C13H23NOSi. The summed E-state index contributed by atoms with van der Waals surface area (Å²) in [6.07, 6.45) is 0.151. The Hall–Kier alpha value is -0.643. The molecular weight excluding hydrogens is 214 g/mol. The fourth-order valence-corrected chi connectivity index (χ4v) is 2.74. The first-order valence-corrected chi connectivity index (χ1v) is 9.25. The van der Waals surface area contributed by atoms with Crippen LogP contribution in [-0.2, 0) is 4.43 Å². The lowest BCUT2D eigenvalue weighted by Crippen LogP contribution is -2.37.